The first-order valence-electron chi connectivity index (χ1n) is 6.98. The monoisotopic (exact) mass is 425 g/mol. The maximum atomic E-state index is 12.7. The summed E-state index contributed by atoms with van der Waals surface area (Å²) in [6.45, 7) is 0.399. The largest absolute Gasteiger partial charge is 0.433 e. The predicted octanol–water partition coefficient (Wildman–Crippen LogP) is 3.97. The van der Waals surface area contributed by atoms with Crippen molar-refractivity contribution in [3.63, 3.8) is 0 Å². The van der Waals surface area contributed by atoms with Gasteiger partial charge >= 0.3 is 6.18 Å². The first-order chi connectivity index (χ1) is 11.3. The summed E-state index contributed by atoms with van der Waals surface area (Å²) in [7, 11) is 0. The van der Waals surface area contributed by atoms with Gasteiger partial charge in [-0.15, -0.1) is 11.8 Å². The lowest BCUT2D eigenvalue weighted by Crippen LogP contribution is -2.33. The third-order valence-corrected chi connectivity index (χ3v) is 4.75. The molecule has 10 heteroatoms. The SMILES string of the molecule is N=C(Br)/C=C(\NO)C1CC(Sc2cccc(C(F)(F)F)n2)CCO1. The van der Waals surface area contributed by atoms with Crippen LogP contribution in [0.5, 0.6) is 0 Å². The molecular weight excluding hydrogens is 411 g/mol. The van der Waals surface area contributed by atoms with E-state index in [0.717, 1.165) is 6.07 Å². The number of allylic oxidation sites excluding steroid dienone is 1. The molecule has 1 saturated heterocycles. The fourth-order valence-electron chi connectivity index (χ4n) is 2.23. The van der Waals surface area contributed by atoms with E-state index in [1.165, 1.54) is 23.9 Å². The zero-order valence-corrected chi connectivity index (χ0v) is 14.7. The molecule has 0 amide bonds. The summed E-state index contributed by atoms with van der Waals surface area (Å²) >= 11 is 4.21. The number of nitrogens with one attached hydrogen (secondary N) is 2. The quantitative estimate of drug-likeness (QED) is 0.491. The van der Waals surface area contributed by atoms with Gasteiger partial charge in [0.15, 0.2) is 0 Å². The van der Waals surface area contributed by atoms with E-state index in [0.29, 0.717) is 30.2 Å². The highest BCUT2D eigenvalue weighted by atomic mass is 79.9. The maximum Gasteiger partial charge on any atom is 0.433 e. The van der Waals surface area contributed by atoms with Gasteiger partial charge in [-0.05, 0) is 47.0 Å². The first-order valence-corrected chi connectivity index (χ1v) is 8.65. The molecular formula is C14H15BrF3N3O2S. The maximum absolute atomic E-state index is 12.7. The van der Waals surface area contributed by atoms with Crippen molar-refractivity contribution in [1.82, 2.24) is 10.5 Å². The van der Waals surface area contributed by atoms with E-state index in [1.54, 1.807) is 6.07 Å². The molecule has 132 valence electrons. The summed E-state index contributed by atoms with van der Waals surface area (Å²) in [5.74, 6) is 0. The fraction of sp³-hybridized carbons (Fsp3) is 0.429. The Morgan fingerprint density at radius 3 is 2.88 bits per heavy atom. The Bertz CT molecular complexity index is 628. The van der Waals surface area contributed by atoms with Crippen molar-refractivity contribution in [2.45, 2.75) is 35.4 Å². The van der Waals surface area contributed by atoms with Gasteiger partial charge in [-0.1, -0.05) is 6.07 Å². The molecule has 2 rings (SSSR count). The number of halogens is 4. The fourth-order valence-corrected chi connectivity index (χ4v) is 3.61. The Hall–Kier alpha value is -1.10. The number of hydrogen-bond acceptors (Lipinski definition) is 6. The van der Waals surface area contributed by atoms with Crippen molar-refractivity contribution < 1.29 is 23.1 Å². The van der Waals surface area contributed by atoms with Crippen LogP contribution in [0, 0.1) is 5.41 Å². The average Bonchev–Trinajstić information content (AvgIpc) is 2.52. The highest BCUT2D eigenvalue weighted by Crippen LogP contribution is 2.34. The van der Waals surface area contributed by atoms with Crippen LogP contribution >= 0.6 is 27.7 Å². The van der Waals surface area contributed by atoms with Crippen molar-refractivity contribution in [3.05, 3.63) is 35.7 Å². The highest BCUT2D eigenvalue weighted by molar-refractivity contribution is 9.18. The minimum Gasteiger partial charge on any atom is -0.372 e. The molecule has 3 N–H and O–H groups in total. The van der Waals surface area contributed by atoms with Crippen LogP contribution in [-0.2, 0) is 10.9 Å². The molecule has 0 aromatic carbocycles. The van der Waals surface area contributed by atoms with Crippen LogP contribution in [0.2, 0.25) is 0 Å². The van der Waals surface area contributed by atoms with Crippen LogP contribution < -0.4 is 5.48 Å². The molecule has 0 radical (unpaired) electrons. The van der Waals surface area contributed by atoms with Crippen molar-refractivity contribution in [1.29, 1.82) is 5.41 Å². The molecule has 2 heterocycles. The highest BCUT2D eigenvalue weighted by Gasteiger charge is 2.33. The van der Waals surface area contributed by atoms with Crippen molar-refractivity contribution in [2.24, 2.45) is 0 Å². The van der Waals surface area contributed by atoms with Crippen LogP contribution in [0.15, 0.2) is 35.0 Å². The Balaban J connectivity index is 2.07. The number of hydroxylamine groups is 1. The molecule has 1 aliphatic rings. The minimum absolute atomic E-state index is 0.0130. The topological polar surface area (TPSA) is 78.2 Å². The molecule has 1 aromatic rings. The Kier molecular flexibility index (Phi) is 6.67. The van der Waals surface area contributed by atoms with E-state index in [2.05, 4.69) is 20.9 Å². The molecule has 24 heavy (non-hydrogen) atoms. The second-order valence-corrected chi connectivity index (χ2v) is 7.22. The lowest BCUT2D eigenvalue weighted by Gasteiger charge is -2.30. The molecule has 1 aliphatic heterocycles. The number of ether oxygens (including phenoxy) is 1. The van der Waals surface area contributed by atoms with E-state index >= 15 is 0 Å². The third kappa shape index (κ3) is 5.47. The molecule has 5 nitrogen and oxygen atoms in total. The van der Waals surface area contributed by atoms with Crippen molar-refractivity contribution in [2.75, 3.05) is 6.61 Å². The summed E-state index contributed by atoms with van der Waals surface area (Å²) < 4.78 is 43.8. The molecule has 0 aliphatic carbocycles. The number of hydrogen-bond donors (Lipinski definition) is 3. The van der Waals surface area contributed by atoms with Gasteiger partial charge in [0.1, 0.15) is 11.8 Å². The van der Waals surface area contributed by atoms with E-state index in [4.69, 9.17) is 15.4 Å². The Morgan fingerprint density at radius 2 is 2.25 bits per heavy atom. The molecule has 0 bridgehead atoms. The Morgan fingerprint density at radius 1 is 1.50 bits per heavy atom. The second-order valence-electron chi connectivity index (χ2n) is 5.04. The number of rotatable bonds is 5. The number of nitrogens with zero attached hydrogens (tertiary/aromatic N) is 1. The second kappa shape index (κ2) is 8.32. The average molecular weight is 426 g/mol. The van der Waals surface area contributed by atoms with Crippen molar-refractivity contribution >= 4 is 32.3 Å². The molecule has 0 spiro atoms. The molecule has 2 atom stereocenters. The normalized spacial score (nSPS) is 22.3. The number of thioether (sulfide) groups is 1. The van der Waals surface area contributed by atoms with E-state index in [-0.39, 0.29) is 9.87 Å². The van der Waals surface area contributed by atoms with Gasteiger partial charge in [-0.3, -0.25) is 16.1 Å². The van der Waals surface area contributed by atoms with Crippen LogP contribution in [0.1, 0.15) is 18.5 Å². The summed E-state index contributed by atoms with van der Waals surface area (Å²) in [4.78, 5) is 3.65. The standard InChI is InChI=1S/C14H15BrF3N3O2S/c15-12(19)7-9(21-22)10-6-8(4-5-23-10)24-13-3-1-2-11(20-13)14(16,17)18/h1-3,7-8,10,19,21-22H,4-6H2/b9-7-,19-12?. The molecule has 1 aromatic heterocycles. The lowest BCUT2D eigenvalue weighted by molar-refractivity contribution is -0.141. The molecule has 2 unspecified atom stereocenters. The smallest absolute Gasteiger partial charge is 0.372 e. The summed E-state index contributed by atoms with van der Waals surface area (Å²) in [6, 6.07) is 3.82. The van der Waals surface area contributed by atoms with Crippen LogP contribution in [0.4, 0.5) is 13.2 Å². The first kappa shape index (κ1) is 19.2. The minimum atomic E-state index is -4.47. The zero-order valence-electron chi connectivity index (χ0n) is 12.3. The van der Waals surface area contributed by atoms with Crippen LogP contribution in [0.3, 0.4) is 0 Å². The van der Waals surface area contributed by atoms with Gasteiger partial charge in [0, 0.05) is 11.9 Å². The number of pyridine rings is 1. The van der Waals surface area contributed by atoms with E-state index < -0.39 is 18.0 Å². The summed E-state index contributed by atoms with van der Waals surface area (Å²) in [5, 5.41) is 16.8. The number of aromatic nitrogens is 1. The van der Waals surface area contributed by atoms with E-state index in [9.17, 15) is 13.2 Å². The van der Waals surface area contributed by atoms with E-state index in [1.807, 2.05) is 5.48 Å². The lowest BCUT2D eigenvalue weighted by atomic mass is 10.1. The third-order valence-electron chi connectivity index (χ3n) is 3.30. The Labute approximate surface area is 149 Å². The van der Waals surface area contributed by atoms with Gasteiger partial charge in [-0.25, -0.2) is 4.98 Å². The summed E-state index contributed by atoms with van der Waals surface area (Å²) in [5.41, 5.74) is 1.41. The summed E-state index contributed by atoms with van der Waals surface area (Å²) in [6.07, 6.45) is -2.43. The van der Waals surface area contributed by atoms with Gasteiger partial charge in [-0.2, -0.15) is 13.2 Å². The van der Waals surface area contributed by atoms with Gasteiger partial charge in [0.25, 0.3) is 0 Å². The zero-order chi connectivity index (χ0) is 17.7. The van der Waals surface area contributed by atoms with Crippen molar-refractivity contribution in [3.8, 4) is 0 Å². The van der Waals surface area contributed by atoms with Crippen LogP contribution in [0.25, 0.3) is 0 Å². The number of alkyl halides is 3. The molecule has 1 fully saturated rings. The van der Waals surface area contributed by atoms with Crippen LogP contribution in [-0.4, -0.2) is 32.8 Å². The van der Waals surface area contributed by atoms with Gasteiger partial charge < -0.3 is 4.74 Å². The predicted molar refractivity (Wildman–Crippen MR) is 87.5 cm³/mol. The van der Waals surface area contributed by atoms with Gasteiger partial charge in [0.2, 0.25) is 0 Å². The van der Waals surface area contributed by atoms with Gasteiger partial charge in [0.05, 0.1) is 15.3 Å². The molecule has 0 saturated carbocycles.